The predicted molar refractivity (Wildman–Crippen MR) is 66.9 cm³/mol. The van der Waals surface area contributed by atoms with Crippen molar-refractivity contribution in [1.82, 2.24) is 0 Å². The Morgan fingerprint density at radius 2 is 2.07 bits per heavy atom. The Morgan fingerprint density at radius 3 is 2.67 bits per heavy atom. The van der Waals surface area contributed by atoms with Crippen molar-refractivity contribution in [2.24, 2.45) is 5.41 Å². The first kappa shape index (κ1) is 11.0. The fraction of sp³-hybridized carbons (Fsp3) is 0.538. The SMILES string of the molecule is Cc1ccc(C)c(OCC2(CBr)CC2)c1. The summed E-state index contributed by atoms with van der Waals surface area (Å²) < 4.78 is 5.91. The molecule has 1 nitrogen and oxygen atoms in total. The molecule has 0 bridgehead atoms. The summed E-state index contributed by atoms with van der Waals surface area (Å²) in [5, 5.41) is 1.06. The van der Waals surface area contributed by atoms with Gasteiger partial charge in [0, 0.05) is 10.7 Å². The van der Waals surface area contributed by atoms with Crippen LogP contribution in [0.15, 0.2) is 18.2 Å². The van der Waals surface area contributed by atoms with Crippen molar-refractivity contribution in [3.05, 3.63) is 29.3 Å². The van der Waals surface area contributed by atoms with Gasteiger partial charge in [0.1, 0.15) is 5.75 Å². The number of benzene rings is 1. The van der Waals surface area contributed by atoms with Crippen LogP contribution in [0.5, 0.6) is 5.75 Å². The van der Waals surface area contributed by atoms with E-state index in [1.165, 1.54) is 24.0 Å². The standard InChI is InChI=1S/C13H17BrO/c1-10-3-4-11(2)12(7-10)15-9-13(8-14)5-6-13/h3-4,7H,5-6,8-9H2,1-2H3. The van der Waals surface area contributed by atoms with Crippen molar-refractivity contribution in [3.63, 3.8) is 0 Å². The Balaban J connectivity index is 2.01. The minimum atomic E-state index is 0.427. The third kappa shape index (κ3) is 2.54. The van der Waals surface area contributed by atoms with Crippen LogP contribution in [-0.2, 0) is 0 Å². The van der Waals surface area contributed by atoms with E-state index in [1.807, 2.05) is 0 Å². The van der Waals surface area contributed by atoms with Crippen LogP contribution in [0.3, 0.4) is 0 Å². The van der Waals surface area contributed by atoms with Gasteiger partial charge in [0.25, 0.3) is 0 Å². The molecule has 15 heavy (non-hydrogen) atoms. The molecule has 0 amide bonds. The van der Waals surface area contributed by atoms with Crippen molar-refractivity contribution in [1.29, 1.82) is 0 Å². The minimum absolute atomic E-state index is 0.427. The summed E-state index contributed by atoms with van der Waals surface area (Å²) >= 11 is 3.56. The summed E-state index contributed by atoms with van der Waals surface area (Å²) in [6, 6.07) is 6.37. The van der Waals surface area contributed by atoms with Crippen molar-refractivity contribution in [2.45, 2.75) is 26.7 Å². The number of hydrogen-bond acceptors (Lipinski definition) is 1. The second-order valence-electron chi connectivity index (χ2n) is 4.69. The first-order chi connectivity index (χ1) is 7.15. The Morgan fingerprint density at radius 1 is 1.33 bits per heavy atom. The zero-order valence-electron chi connectivity index (χ0n) is 9.35. The molecule has 2 rings (SSSR count). The average molecular weight is 269 g/mol. The zero-order valence-corrected chi connectivity index (χ0v) is 10.9. The maximum Gasteiger partial charge on any atom is 0.122 e. The molecule has 0 N–H and O–H groups in total. The van der Waals surface area contributed by atoms with E-state index in [0.29, 0.717) is 5.41 Å². The molecule has 82 valence electrons. The second-order valence-corrected chi connectivity index (χ2v) is 5.25. The Hall–Kier alpha value is -0.500. The van der Waals surface area contributed by atoms with Crippen molar-refractivity contribution in [3.8, 4) is 5.75 Å². The van der Waals surface area contributed by atoms with E-state index < -0.39 is 0 Å². The van der Waals surface area contributed by atoms with Gasteiger partial charge < -0.3 is 4.74 Å². The number of halogens is 1. The third-order valence-corrected chi connectivity index (χ3v) is 4.31. The van der Waals surface area contributed by atoms with Crippen LogP contribution in [0, 0.1) is 19.3 Å². The van der Waals surface area contributed by atoms with Crippen LogP contribution < -0.4 is 4.74 Å². The van der Waals surface area contributed by atoms with E-state index in [0.717, 1.165) is 17.7 Å². The Bertz CT molecular complexity index is 356. The van der Waals surface area contributed by atoms with Gasteiger partial charge in [-0.05, 0) is 43.9 Å². The highest BCUT2D eigenvalue weighted by Crippen LogP contribution is 2.47. The van der Waals surface area contributed by atoms with E-state index in [-0.39, 0.29) is 0 Å². The smallest absolute Gasteiger partial charge is 0.122 e. The van der Waals surface area contributed by atoms with Crippen LogP contribution >= 0.6 is 15.9 Å². The van der Waals surface area contributed by atoms with Gasteiger partial charge in [-0.3, -0.25) is 0 Å². The van der Waals surface area contributed by atoms with Gasteiger partial charge in [-0.15, -0.1) is 0 Å². The van der Waals surface area contributed by atoms with E-state index in [9.17, 15) is 0 Å². The molecule has 0 atom stereocenters. The van der Waals surface area contributed by atoms with E-state index in [1.54, 1.807) is 0 Å². The normalized spacial score (nSPS) is 17.5. The van der Waals surface area contributed by atoms with E-state index in [2.05, 4.69) is 48.0 Å². The van der Waals surface area contributed by atoms with E-state index in [4.69, 9.17) is 4.74 Å². The van der Waals surface area contributed by atoms with Crippen LogP contribution in [0.25, 0.3) is 0 Å². The summed E-state index contributed by atoms with van der Waals surface area (Å²) in [5.41, 5.74) is 2.92. The minimum Gasteiger partial charge on any atom is -0.493 e. The van der Waals surface area contributed by atoms with Crippen molar-refractivity contribution >= 4 is 15.9 Å². The average Bonchev–Trinajstić information content (AvgIpc) is 3.00. The van der Waals surface area contributed by atoms with E-state index >= 15 is 0 Å². The number of alkyl halides is 1. The van der Waals surface area contributed by atoms with Crippen molar-refractivity contribution < 1.29 is 4.74 Å². The Kier molecular flexibility index (Phi) is 3.06. The van der Waals surface area contributed by atoms with Crippen LogP contribution in [0.2, 0.25) is 0 Å². The lowest BCUT2D eigenvalue weighted by Crippen LogP contribution is -2.14. The fourth-order valence-corrected chi connectivity index (χ4v) is 2.31. The Labute approximate surface area is 100.0 Å². The summed E-state index contributed by atoms with van der Waals surface area (Å²) in [4.78, 5) is 0. The summed E-state index contributed by atoms with van der Waals surface area (Å²) in [6.07, 6.45) is 2.59. The predicted octanol–water partition coefficient (Wildman–Crippen LogP) is 3.86. The molecular formula is C13H17BrO. The number of ether oxygens (including phenoxy) is 1. The highest BCUT2D eigenvalue weighted by Gasteiger charge is 2.42. The molecule has 1 aliphatic rings. The molecule has 0 aromatic heterocycles. The summed E-state index contributed by atoms with van der Waals surface area (Å²) in [7, 11) is 0. The first-order valence-electron chi connectivity index (χ1n) is 5.41. The van der Waals surface area contributed by atoms with Crippen LogP contribution in [0.4, 0.5) is 0 Å². The highest BCUT2D eigenvalue weighted by atomic mass is 79.9. The van der Waals surface area contributed by atoms with Gasteiger partial charge in [-0.25, -0.2) is 0 Å². The number of aryl methyl sites for hydroxylation is 2. The first-order valence-corrected chi connectivity index (χ1v) is 6.53. The number of hydrogen-bond donors (Lipinski definition) is 0. The third-order valence-electron chi connectivity index (χ3n) is 3.12. The molecule has 1 aromatic rings. The molecule has 1 aliphatic carbocycles. The molecule has 1 fully saturated rings. The zero-order chi connectivity index (χ0) is 10.9. The molecule has 1 aromatic carbocycles. The van der Waals surface area contributed by atoms with Gasteiger partial charge in [0.15, 0.2) is 0 Å². The van der Waals surface area contributed by atoms with Gasteiger partial charge in [-0.2, -0.15) is 0 Å². The molecule has 0 spiro atoms. The molecule has 0 radical (unpaired) electrons. The van der Waals surface area contributed by atoms with Crippen LogP contribution in [-0.4, -0.2) is 11.9 Å². The molecule has 2 heteroatoms. The highest BCUT2D eigenvalue weighted by molar-refractivity contribution is 9.09. The van der Waals surface area contributed by atoms with Gasteiger partial charge in [0.2, 0.25) is 0 Å². The lowest BCUT2D eigenvalue weighted by Gasteiger charge is -2.15. The molecule has 1 saturated carbocycles. The largest absolute Gasteiger partial charge is 0.493 e. The molecule has 0 saturated heterocycles. The lowest BCUT2D eigenvalue weighted by molar-refractivity contribution is 0.249. The maximum absolute atomic E-state index is 5.91. The second kappa shape index (κ2) is 4.17. The number of rotatable bonds is 4. The van der Waals surface area contributed by atoms with Gasteiger partial charge in [-0.1, -0.05) is 28.1 Å². The topological polar surface area (TPSA) is 9.23 Å². The van der Waals surface area contributed by atoms with Crippen molar-refractivity contribution in [2.75, 3.05) is 11.9 Å². The summed E-state index contributed by atoms with van der Waals surface area (Å²) in [5.74, 6) is 1.04. The van der Waals surface area contributed by atoms with Crippen LogP contribution in [0.1, 0.15) is 24.0 Å². The fourth-order valence-electron chi connectivity index (χ4n) is 1.59. The molecule has 0 unspecified atom stereocenters. The lowest BCUT2D eigenvalue weighted by atomic mass is 10.1. The molecule has 0 aliphatic heterocycles. The maximum atomic E-state index is 5.91. The quantitative estimate of drug-likeness (QED) is 0.754. The summed E-state index contributed by atoms with van der Waals surface area (Å²) in [6.45, 7) is 5.05. The molecular weight excluding hydrogens is 252 g/mol. The monoisotopic (exact) mass is 268 g/mol. The van der Waals surface area contributed by atoms with Gasteiger partial charge in [0.05, 0.1) is 6.61 Å². The molecule has 0 heterocycles. The van der Waals surface area contributed by atoms with Gasteiger partial charge >= 0.3 is 0 Å².